The molecule has 0 saturated carbocycles. The highest BCUT2D eigenvalue weighted by Crippen LogP contribution is 2.52. The number of anilines is 1. The van der Waals surface area contributed by atoms with Gasteiger partial charge >= 0.3 is 6.72 Å². The van der Waals surface area contributed by atoms with Crippen molar-refractivity contribution in [3.8, 4) is 0 Å². The zero-order valence-electron chi connectivity index (χ0n) is 22.1. The zero-order valence-corrected chi connectivity index (χ0v) is 24.7. The summed E-state index contributed by atoms with van der Waals surface area (Å²) in [7, 11) is 0. The molecule has 5 aromatic heterocycles. The summed E-state index contributed by atoms with van der Waals surface area (Å²) in [5.74, 6) is 0.344. The second-order valence-corrected chi connectivity index (χ2v) is 14.2. The van der Waals surface area contributed by atoms with E-state index in [-0.39, 0.29) is 29.4 Å². The predicted octanol–water partition coefficient (Wildman–Crippen LogP) is -1.02. The van der Waals surface area contributed by atoms with E-state index in [1.165, 1.54) is 44.9 Å². The molecular formula is C22H24FN10O8PS2. The van der Waals surface area contributed by atoms with Crippen molar-refractivity contribution in [3.05, 3.63) is 41.7 Å². The van der Waals surface area contributed by atoms with Crippen LogP contribution in [0.25, 0.3) is 28.1 Å². The number of ether oxygens (including phenoxy) is 1. The van der Waals surface area contributed by atoms with E-state index in [1.807, 2.05) is 0 Å². The number of aromatic nitrogens is 9. The van der Waals surface area contributed by atoms with Gasteiger partial charge in [-0.15, -0.1) is 11.8 Å². The van der Waals surface area contributed by atoms with Gasteiger partial charge in [-0.3, -0.25) is 18.5 Å². The number of nitrogens with zero attached hydrogens (tertiary/aromatic N) is 8. The Morgan fingerprint density at radius 3 is 2.73 bits per heavy atom. The number of aliphatic hydroxyl groups is 3. The molecule has 0 bridgehead atoms. The van der Waals surface area contributed by atoms with Crippen molar-refractivity contribution < 1.29 is 38.4 Å². The van der Waals surface area contributed by atoms with Gasteiger partial charge < -0.3 is 40.2 Å². The topological polar surface area (TPSA) is 246 Å². The summed E-state index contributed by atoms with van der Waals surface area (Å²) in [6, 6.07) is 0. The lowest BCUT2D eigenvalue weighted by Gasteiger charge is -2.26. The minimum absolute atomic E-state index is 0.000524. The molecule has 5 aromatic rings. The Morgan fingerprint density at radius 1 is 1.16 bits per heavy atom. The van der Waals surface area contributed by atoms with Gasteiger partial charge in [-0.2, -0.15) is 0 Å². The summed E-state index contributed by atoms with van der Waals surface area (Å²) in [6.45, 7) is -5.33. The number of nitrogen functional groups attached to an aromatic ring is 1. The smallest absolute Gasteiger partial charge is 0.325 e. The van der Waals surface area contributed by atoms with Crippen LogP contribution in [-0.2, 0) is 25.6 Å². The third kappa shape index (κ3) is 4.80. The largest absolute Gasteiger partial charge is 0.394 e. The highest BCUT2D eigenvalue weighted by Gasteiger charge is 2.50. The molecule has 0 aliphatic carbocycles. The summed E-state index contributed by atoms with van der Waals surface area (Å²) in [4.78, 5) is 47.2. The molecule has 2 saturated heterocycles. The van der Waals surface area contributed by atoms with E-state index < -0.39 is 66.3 Å². The SMILES string of the molecule is Nc1ncnc2c1ncn2[C@@H]1S[C@H](COP(O)(=S)O[C@@H]2[C@H](F)[C@@H](CO)O[C@H]2n2cnc3c(=O)n4ccnc4[nH]c32)[C@@H](O)[C@H]1O. The monoisotopic (exact) mass is 670 g/mol. The molecule has 2 aliphatic heterocycles. The summed E-state index contributed by atoms with van der Waals surface area (Å²) < 4.78 is 36.4. The Morgan fingerprint density at radius 2 is 1.93 bits per heavy atom. The van der Waals surface area contributed by atoms with Crippen molar-refractivity contribution in [2.24, 2.45) is 0 Å². The van der Waals surface area contributed by atoms with E-state index in [9.17, 15) is 25.0 Å². The van der Waals surface area contributed by atoms with Crippen LogP contribution in [0.5, 0.6) is 0 Å². The first-order chi connectivity index (χ1) is 21.1. The Hall–Kier alpha value is -3.11. The number of H-pyrrole nitrogens is 1. The molecule has 1 unspecified atom stereocenters. The molecule has 7 heterocycles. The lowest BCUT2D eigenvalue weighted by atomic mass is 10.1. The molecule has 0 aromatic carbocycles. The van der Waals surface area contributed by atoms with Gasteiger partial charge in [0.05, 0.1) is 37.2 Å². The molecule has 44 heavy (non-hydrogen) atoms. The van der Waals surface area contributed by atoms with E-state index >= 15 is 4.39 Å². The van der Waals surface area contributed by atoms with Crippen LogP contribution in [0.15, 0.2) is 36.2 Å². The Bertz CT molecular complexity index is 1970. The van der Waals surface area contributed by atoms with Gasteiger partial charge in [-0.1, -0.05) is 0 Å². The van der Waals surface area contributed by atoms with E-state index in [0.717, 1.165) is 11.8 Å². The van der Waals surface area contributed by atoms with Gasteiger partial charge in [0.2, 0.25) is 5.78 Å². The first-order valence-corrected chi connectivity index (χ1v) is 16.5. The molecule has 7 N–H and O–H groups in total. The van der Waals surface area contributed by atoms with Gasteiger partial charge in [0, 0.05) is 12.4 Å². The van der Waals surface area contributed by atoms with Crippen molar-refractivity contribution >= 4 is 64.2 Å². The standard InChI is InChI=1S/C22H24FN10O8PS2/c23-10-8(3-34)40-20(32-6-29-12-18(32)30-22-25-1-2-31(22)19(12)37)15(10)41-42(38,43)39-4-9-13(35)14(36)21(44-9)33-7-28-11-16(24)26-5-27-17(11)33/h1-2,5-10,13-15,20-21,34-36H,3-4H2,(H,25,30)(H,38,43)(H2,24,26,27)/t8-,9-,10-,13-,14-,15-,20-,21-,42?/m1/s1. The normalized spacial score (nSPS) is 30.6. The number of thioether (sulfide) groups is 1. The molecule has 9 atom stereocenters. The maximum atomic E-state index is 15.5. The summed E-state index contributed by atoms with van der Waals surface area (Å²) in [5, 5.41) is 29.7. The van der Waals surface area contributed by atoms with Crippen molar-refractivity contribution in [2.45, 2.75) is 47.4 Å². The average molecular weight is 671 g/mol. The molecule has 7 rings (SSSR count). The highest BCUT2D eigenvalue weighted by atomic mass is 32.5. The molecule has 0 spiro atoms. The zero-order chi connectivity index (χ0) is 30.9. The molecular weight excluding hydrogens is 646 g/mol. The molecule has 2 fully saturated rings. The highest BCUT2D eigenvalue weighted by molar-refractivity contribution is 8.07. The molecule has 234 valence electrons. The van der Waals surface area contributed by atoms with Crippen LogP contribution in [0.3, 0.4) is 0 Å². The van der Waals surface area contributed by atoms with Crippen LogP contribution in [-0.4, -0.2) is 113 Å². The number of fused-ring (bicyclic) bond motifs is 3. The summed E-state index contributed by atoms with van der Waals surface area (Å²) in [5.41, 5.74) is 6.17. The maximum Gasteiger partial charge on any atom is 0.325 e. The first-order valence-electron chi connectivity index (χ1n) is 13.0. The minimum Gasteiger partial charge on any atom is -0.394 e. The van der Waals surface area contributed by atoms with Crippen molar-refractivity contribution in [2.75, 3.05) is 18.9 Å². The quantitative estimate of drug-likeness (QED) is 0.108. The fourth-order valence-electron chi connectivity index (χ4n) is 5.30. The second kappa shape index (κ2) is 11.1. The number of hydrogen-bond donors (Lipinski definition) is 6. The van der Waals surface area contributed by atoms with Gasteiger partial charge in [0.25, 0.3) is 5.56 Å². The number of rotatable bonds is 8. The summed E-state index contributed by atoms with van der Waals surface area (Å²) in [6.07, 6.45) is -2.11. The van der Waals surface area contributed by atoms with Crippen LogP contribution < -0.4 is 11.3 Å². The Labute approximate surface area is 253 Å². The number of nitrogens with one attached hydrogen (secondary N) is 1. The van der Waals surface area contributed by atoms with Crippen molar-refractivity contribution in [3.63, 3.8) is 0 Å². The van der Waals surface area contributed by atoms with E-state index in [1.54, 1.807) is 0 Å². The first kappa shape index (κ1) is 29.6. The number of imidazole rings is 3. The van der Waals surface area contributed by atoms with Gasteiger partial charge in [0.15, 0.2) is 29.4 Å². The van der Waals surface area contributed by atoms with E-state index in [2.05, 4.69) is 29.9 Å². The molecule has 0 amide bonds. The fourth-order valence-corrected chi connectivity index (χ4v) is 8.25. The number of nitrogens with two attached hydrogens (primary N) is 1. The maximum absolute atomic E-state index is 15.5. The van der Waals surface area contributed by atoms with E-state index in [4.69, 9.17) is 31.3 Å². The van der Waals surface area contributed by atoms with Crippen LogP contribution in [0.4, 0.5) is 10.2 Å². The van der Waals surface area contributed by atoms with Crippen molar-refractivity contribution in [1.82, 2.24) is 43.4 Å². The van der Waals surface area contributed by atoms with E-state index in [0.29, 0.717) is 11.2 Å². The molecule has 18 nitrogen and oxygen atoms in total. The van der Waals surface area contributed by atoms with Gasteiger partial charge in [0.1, 0.15) is 41.2 Å². The lowest BCUT2D eigenvalue weighted by molar-refractivity contribution is -0.0479. The Kier molecular flexibility index (Phi) is 7.43. The van der Waals surface area contributed by atoms with Crippen LogP contribution in [0.2, 0.25) is 0 Å². The number of halogens is 1. The third-order valence-electron chi connectivity index (χ3n) is 7.46. The number of alkyl halides is 1. The predicted molar refractivity (Wildman–Crippen MR) is 154 cm³/mol. The van der Waals surface area contributed by atoms with Gasteiger partial charge in [-0.25, -0.2) is 33.7 Å². The fraction of sp³-hybridized carbons (Fsp3) is 0.455. The Balaban J connectivity index is 1.10. The average Bonchev–Trinajstić information content (AvgIpc) is 3.82. The third-order valence-corrected chi connectivity index (χ3v) is 10.6. The molecule has 0 radical (unpaired) electrons. The number of aliphatic hydroxyl groups excluding tert-OH is 3. The van der Waals surface area contributed by atoms with Crippen LogP contribution >= 0.6 is 18.5 Å². The minimum atomic E-state index is -4.23. The van der Waals surface area contributed by atoms with Crippen LogP contribution in [0, 0.1) is 0 Å². The second-order valence-electron chi connectivity index (χ2n) is 10.1. The van der Waals surface area contributed by atoms with Crippen LogP contribution in [0.1, 0.15) is 11.6 Å². The number of aromatic amines is 1. The van der Waals surface area contributed by atoms with Crippen molar-refractivity contribution in [1.29, 1.82) is 0 Å². The lowest BCUT2D eigenvalue weighted by Crippen LogP contribution is -2.34. The van der Waals surface area contributed by atoms with Gasteiger partial charge in [-0.05, 0) is 11.8 Å². The summed E-state index contributed by atoms with van der Waals surface area (Å²) >= 11 is 6.30. The molecule has 2 aliphatic rings. The molecule has 22 heteroatoms. The number of hydrogen-bond acceptors (Lipinski definition) is 15.